The summed E-state index contributed by atoms with van der Waals surface area (Å²) in [6, 6.07) is 4.09. The van der Waals surface area contributed by atoms with E-state index in [1.54, 1.807) is 19.4 Å². The first-order chi connectivity index (χ1) is 10.7. The molecule has 22 heavy (non-hydrogen) atoms. The molecule has 0 aromatic carbocycles. The summed E-state index contributed by atoms with van der Waals surface area (Å²) in [5.74, 6) is 2.16. The number of aliphatic imine (C=N–C) groups is 1. The highest BCUT2D eigenvalue weighted by Gasteiger charge is 2.19. The monoisotopic (exact) mass is 306 g/mol. The van der Waals surface area contributed by atoms with Crippen LogP contribution in [0, 0.1) is 5.92 Å². The first-order valence-corrected chi connectivity index (χ1v) is 7.93. The van der Waals surface area contributed by atoms with Gasteiger partial charge in [-0.25, -0.2) is 0 Å². The highest BCUT2D eigenvalue weighted by Crippen LogP contribution is 2.23. The number of nitrogens with one attached hydrogen (secondary N) is 3. The van der Waals surface area contributed by atoms with Crippen molar-refractivity contribution < 1.29 is 9.21 Å². The second kappa shape index (κ2) is 8.46. The van der Waals surface area contributed by atoms with E-state index in [1.165, 1.54) is 12.8 Å². The summed E-state index contributed by atoms with van der Waals surface area (Å²) in [5.41, 5.74) is 0. The first kappa shape index (κ1) is 16.4. The molecule has 0 spiro atoms. The number of amides is 1. The summed E-state index contributed by atoms with van der Waals surface area (Å²) >= 11 is 0. The van der Waals surface area contributed by atoms with E-state index in [1.807, 2.05) is 6.07 Å². The van der Waals surface area contributed by atoms with Crippen LogP contribution in [0.5, 0.6) is 0 Å². The molecule has 1 amide bonds. The molecular weight excluding hydrogens is 280 g/mol. The van der Waals surface area contributed by atoms with Crippen LogP contribution < -0.4 is 16.0 Å². The third-order valence-corrected chi connectivity index (χ3v) is 4.04. The molecule has 1 aromatic heterocycles. The van der Waals surface area contributed by atoms with Gasteiger partial charge in [0.15, 0.2) is 5.96 Å². The zero-order valence-corrected chi connectivity index (χ0v) is 13.4. The maximum absolute atomic E-state index is 11.8. The summed E-state index contributed by atoms with van der Waals surface area (Å²) in [4.78, 5) is 16.0. The maximum Gasteiger partial charge on any atom is 0.239 e. The van der Waals surface area contributed by atoms with Crippen molar-refractivity contribution in [2.24, 2.45) is 10.9 Å². The fourth-order valence-corrected chi connectivity index (χ4v) is 2.62. The van der Waals surface area contributed by atoms with Crippen LogP contribution in [0.1, 0.15) is 38.4 Å². The van der Waals surface area contributed by atoms with Crippen LogP contribution in [0.25, 0.3) is 0 Å². The Bertz CT molecular complexity index is 476. The molecule has 1 fully saturated rings. The Morgan fingerprint density at radius 3 is 2.73 bits per heavy atom. The molecule has 0 unspecified atom stereocenters. The summed E-state index contributed by atoms with van der Waals surface area (Å²) in [6.07, 6.45) is 6.41. The van der Waals surface area contributed by atoms with Gasteiger partial charge in [0, 0.05) is 13.1 Å². The molecule has 2 rings (SSSR count). The molecule has 1 heterocycles. The van der Waals surface area contributed by atoms with Crippen LogP contribution in [-0.2, 0) is 11.3 Å². The lowest BCUT2D eigenvalue weighted by Crippen LogP contribution is -2.47. The Kier molecular flexibility index (Phi) is 6.30. The molecular formula is C16H26N4O2. The van der Waals surface area contributed by atoms with Gasteiger partial charge in [-0.15, -0.1) is 0 Å². The zero-order chi connectivity index (χ0) is 15.8. The van der Waals surface area contributed by atoms with Gasteiger partial charge in [0.2, 0.25) is 5.91 Å². The number of guanidine groups is 1. The van der Waals surface area contributed by atoms with E-state index in [0.29, 0.717) is 18.5 Å². The smallest absolute Gasteiger partial charge is 0.239 e. The zero-order valence-electron chi connectivity index (χ0n) is 13.4. The Morgan fingerprint density at radius 2 is 2.09 bits per heavy atom. The largest absolute Gasteiger partial charge is 0.467 e. The van der Waals surface area contributed by atoms with Gasteiger partial charge in [-0.3, -0.25) is 9.79 Å². The van der Waals surface area contributed by atoms with Crippen LogP contribution >= 0.6 is 0 Å². The quantitative estimate of drug-likeness (QED) is 0.571. The molecule has 6 heteroatoms. The number of carbonyl (C=O) groups is 1. The summed E-state index contributed by atoms with van der Waals surface area (Å²) in [7, 11) is 1.72. The average molecular weight is 306 g/mol. The lowest BCUT2D eigenvalue weighted by Gasteiger charge is -2.28. The van der Waals surface area contributed by atoms with Gasteiger partial charge in [0.25, 0.3) is 0 Å². The SMILES string of the molecule is CN=C(NCC(=O)NCc1ccco1)NC1CCC(C)CC1. The van der Waals surface area contributed by atoms with Crippen molar-refractivity contribution in [2.75, 3.05) is 13.6 Å². The Morgan fingerprint density at radius 1 is 1.32 bits per heavy atom. The van der Waals surface area contributed by atoms with Gasteiger partial charge in [0.05, 0.1) is 19.4 Å². The van der Waals surface area contributed by atoms with Gasteiger partial charge in [-0.2, -0.15) is 0 Å². The highest BCUT2D eigenvalue weighted by molar-refractivity contribution is 5.86. The minimum Gasteiger partial charge on any atom is -0.467 e. The Labute approximate surface area is 131 Å². The fraction of sp³-hybridized carbons (Fsp3) is 0.625. The predicted octanol–water partition coefficient (Wildman–Crippen LogP) is 1.64. The van der Waals surface area contributed by atoms with Crippen LogP contribution in [0.3, 0.4) is 0 Å². The minimum atomic E-state index is -0.0865. The standard InChI is InChI=1S/C16H26N4O2/c1-12-5-7-13(8-6-12)20-16(17-2)19-11-15(21)18-10-14-4-3-9-22-14/h3-4,9,12-13H,5-8,10-11H2,1-2H3,(H,18,21)(H2,17,19,20). The van der Waals surface area contributed by atoms with E-state index in [0.717, 1.165) is 24.5 Å². The van der Waals surface area contributed by atoms with Crippen molar-refractivity contribution in [1.29, 1.82) is 0 Å². The summed E-state index contributed by atoms with van der Waals surface area (Å²) in [6.45, 7) is 2.90. The molecule has 1 aliphatic rings. The number of hydrogen-bond donors (Lipinski definition) is 3. The number of rotatable bonds is 5. The lowest BCUT2D eigenvalue weighted by atomic mass is 9.87. The van der Waals surface area contributed by atoms with Crippen molar-refractivity contribution in [3.63, 3.8) is 0 Å². The molecule has 122 valence electrons. The van der Waals surface area contributed by atoms with Gasteiger partial charge in [0.1, 0.15) is 5.76 Å². The lowest BCUT2D eigenvalue weighted by molar-refractivity contribution is -0.120. The minimum absolute atomic E-state index is 0.0865. The normalized spacial score (nSPS) is 22.2. The highest BCUT2D eigenvalue weighted by atomic mass is 16.3. The molecule has 1 saturated carbocycles. The topological polar surface area (TPSA) is 78.7 Å². The average Bonchev–Trinajstić information content (AvgIpc) is 3.04. The first-order valence-electron chi connectivity index (χ1n) is 7.93. The van der Waals surface area contributed by atoms with E-state index in [-0.39, 0.29) is 12.5 Å². The third kappa shape index (κ3) is 5.42. The molecule has 0 radical (unpaired) electrons. The van der Waals surface area contributed by atoms with E-state index >= 15 is 0 Å². The van der Waals surface area contributed by atoms with Gasteiger partial charge in [-0.05, 0) is 43.7 Å². The number of nitrogens with zero attached hydrogens (tertiary/aromatic N) is 1. The fourth-order valence-electron chi connectivity index (χ4n) is 2.62. The van der Waals surface area contributed by atoms with Crippen molar-refractivity contribution in [3.8, 4) is 0 Å². The summed E-state index contributed by atoms with van der Waals surface area (Å²) in [5, 5.41) is 9.24. The van der Waals surface area contributed by atoms with E-state index < -0.39 is 0 Å². The maximum atomic E-state index is 11.8. The van der Waals surface area contributed by atoms with Gasteiger partial charge < -0.3 is 20.4 Å². The van der Waals surface area contributed by atoms with Crippen LogP contribution in [0.4, 0.5) is 0 Å². The molecule has 0 saturated heterocycles. The third-order valence-electron chi connectivity index (χ3n) is 4.04. The van der Waals surface area contributed by atoms with E-state index in [9.17, 15) is 4.79 Å². The summed E-state index contributed by atoms with van der Waals surface area (Å²) < 4.78 is 5.17. The van der Waals surface area contributed by atoms with Gasteiger partial charge in [-0.1, -0.05) is 6.92 Å². The number of hydrogen-bond acceptors (Lipinski definition) is 3. The number of furan rings is 1. The second-order valence-corrected chi connectivity index (χ2v) is 5.88. The van der Waals surface area contributed by atoms with Crippen molar-refractivity contribution >= 4 is 11.9 Å². The van der Waals surface area contributed by atoms with Crippen LogP contribution in [-0.4, -0.2) is 31.5 Å². The van der Waals surface area contributed by atoms with E-state index in [2.05, 4.69) is 27.9 Å². The van der Waals surface area contributed by atoms with Gasteiger partial charge >= 0.3 is 0 Å². The molecule has 6 nitrogen and oxygen atoms in total. The van der Waals surface area contributed by atoms with Crippen LogP contribution in [0.15, 0.2) is 27.8 Å². The molecule has 1 aromatic rings. The molecule has 0 bridgehead atoms. The molecule has 0 aliphatic heterocycles. The second-order valence-electron chi connectivity index (χ2n) is 5.88. The van der Waals surface area contributed by atoms with Crippen molar-refractivity contribution in [3.05, 3.63) is 24.2 Å². The molecule has 1 aliphatic carbocycles. The van der Waals surface area contributed by atoms with E-state index in [4.69, 9.17) is 4.42 Å². The van der Waals surface area contributed by atoms with Crippen molar-refractivity contribution in [2.45, 2.75) is 45.2 Å². The molecule has 0 atom stereocenters. The van der Waals surface area contributed by atoms with Crippen molar-refractivity contribution in [1.82, 2.24) is 16.0 Å². The predicted molar refractivity (Wildman–Crippen MR) is 86.5 cm³/mol. The van der Waals surface area contributed by atoms with Crippen LogP contribution in [0.2, 0.25) is 0 Å². The Hall–Kier alpha value is -1.98. The number of carbonyl (C=O) groups excluding carboxylic acids is 1. The molecule has 3 N–H and O–H groups in total. The Balaban J connectivity index is 1.66.